The molecule has 1 fully saturated rings. The van der Waals surface area contributed by atoms with Gasteiger partial charge in [-0.1, -0.05) is 30.5 Å². The average molecular weight is 269 g/mol. The zero-order valence-corrected chi connectivity index (χ0v) is 11.8. The van der Waals surface area contributed by atoms with E-state index < -0.39 is 5.60 Å². The predicted octanol–water partition coefficient (Wildman–Crippen LogP) is 2.67. The molecular weight excluding hydrogens is 248 g/mol. The Bertz CT molecular complexity index is 393. The zero-order chi connectivity index (χ0) is 13.2. The molecule has 0 radical (unpaired) electrons. The van der Waals surface area contributed by atoms with Crippen LogP contribution in [0.3, 0.4) is 0 Å². The third-order valence-corrected chi connectivity index (χ3v) is 4.07. The fourth-order valence-corrected chi connectivity index (χ4v) is 3.03. The summed E-state index contributed by atoms with van der Waals surface area (Å²) in [5, 5.41) is 11.5. The van der Waals surface area contributed by atoms with Crippen molar-refractivity contribution in [1.29, 1.82) is 0 Å². The second kappa shape index (κ2) is 5.55. The quantitative estimate of drug-likeness (QED) is 0.857. The first kappa shape index (κ1) is 13.8. The summed E-state index contributed by atoms with van der Waals surface area (Å²) in [6, 6.07) is 3.67. The Morgan fingerprint density at radius 1 is 1.44 bits per heavy atom. The molecule has 1 N–H and O–H groups in total. The molecule has 4 heteroatoms. The maximum atomic E-state index is 11.0. The molecule has 0 aliphatic heterocycles. The highest BCUT2D eigenvalue weighted by molar-refractivity contribution is 6.29. The van der Waals surface area contributed by atoms with Crippen LogP contribution in [-0.2, 0) is 5.60 Å². The largest absolute Gasteiger partial charge is 0.385 e. The molecule has 1 aromatic rings. The van der Waals surface area contributed by atoms with Gasteiger partial charge in [0, 0.05) is 24.2 Å². The van der Waals surface area contributed by atoms with Gasteiger partial charge in [0.1, 0.15) is 5.15 Å². The standard InChI is InChI=1S/C14H21ClN2O/c1-17(2)10-12-5-3-4-8-14(12,18)11-6-7-13(15)16-9-11/h6-7,9,12,18H,3-5,8,10H2,1-2H3/t12-,14-/m1/s1. The van der Waals surface area contributed by atoms with Crippen LogP contribution >= 0.6 is 11.6 Å². The minimum atomic E-state index is -0.750. The number of halogens is 1. The van der Waals surface area contributed by atoms with Crippen molar-refractivity contribution in [3.05, 3.63) is 29.0 Å². The SMILES string of the molecule is CN(C)C[C@H]1CCCC[C@@]1(O)c1ccc(Cl)nc1. The van der Waals surface area contributed by atoms with Gasteiger partial charge in [-0.05, 0) is 33.0 Å². The molecule has 0 saturated heterocycles. The molecule has 3 nitrogen and oxygen atoms in total. The average Bonchev–Trinajstić information content (AvgIpc) is 2.32. The number of aliphatic hydroxyl groups is 1. The molecular formula is C14H21ClN2O. The Labute approximate surface area is 114 Å². The van der Waals surface area contributed by atoms with Crippen LogP contribution in [0.2, 0.25) is 5.15 Å². The minimum absolute atomic E-state index is 0.268. The predicted molar refractivity (Wildman–Crippen MR) is 73.7 cm³/mol. The van der Waals surface area contributed by atoms with Gasteiger partial charge in [0.15, 0.2) is 0 Å². The van der Waals surface area contributed by atoms with Gasteiger partial charge in [0.2, 0.25) is 0 Å². The van der Waals surface area contributed by atoms with Gasteiger partial charge in [0.05, 0.1) is 5.60 Å². The summed E-state index contributed by atoms with van der Waals surface area (Å²) < 4.78 is 0. The zero-order valence-electron chi connectivity index (χ0n) is 11.1. The van der Waals surface area contributed by atoms with Crippen molar-refractivity contribution in [3.63, 3.8) is 0 Å². The van der Waals surface area contributed by atoms with Gasteiger partial charge in [-0.15, -0.1) is 0 Å². The molecule has 100 valence electrons. The highest BCUT2D eigenvalue weighted by Crippen LogP contribution is 2.41. The number of aromatic nitrogens is 1. The van der Waals surface area contributed by atoms with E-state index in [2.05, 4.69) is 24.0 Å². The highest BCUT2D eigenvalue weighted by Gasteiger charge is 2.40. The van der Waals surface area contributed by atoms with Crippen LogP contribution in [0.5, 0.6) is 0 Å². The van der Waals surface area contributed by atoms with Crippen molar-refractivity contribution in [2.45, 2.75) is 31.3 Å². The number of hydrogen-bond acceptors (Lipinski definition) is 3. The summed E-state index contributed by atoms with van der Waals surface area (Å²) in [5.41, 5.74) is 0.151. The molecule has 2 atom stereocenters. The van der Waals surface area contributed by atoms with E-state index in [1.165, 1.54) is 6.42 Å². The smallest absolute Gasteiger partial charge is 0.129 e. The normalized spacial score (nSPS) is 28.6. The van der Waals surface area contributed by atoms with Gasteiger partial charge in [0.25, 0.3) is 0 Å². The van der Waals surface area contributed by atoms with Gasteiger partial charge in [-0.2, -0.15) is 0 Å². The van der Waals surface area contributed by atoms with E-state index in [9.17, 15) is 5.11 Å². The third kappa shape index (κ3) is 2.85. The Balaban J connectivity index is 2.26. The summed E-state index contributed by atoms with van der Waals surface area (Å²) in [6.07, 6.45) is 5.87. The maximum absolute atomic E-state index is 11.0. The molecule has 1 saturated carbocycles. The van der Waals surface area contributed by atoms with Crippen LogP contribution in [0.1, 0.15) is 31.2 Å². The minimum Gasteiger partial charge on any atom is -0.385 e. The second-order valence-corrected chi connectivity index (χ2v) is 5.89. The number of nitrogens with zero attached hydrogens (tertiary/aromatic N) is 2. The van der Waals surface area contributed by atoms with E-state index in [1.54, 1.807) is 12.3 Å². The first-order valence-corrected chi connectivity index (χ1v) is 6.89. The van der Waals surface area contributed by atoms with Crippen LogP contribution in [0, 0.1) is 5.92 Å². The van der Waals surface area contributed by atoms with Gasteiger partial charge >= 0.3 is 0 Å². The summed E-state index contributed by atoms with van der Waals surface area (Å²) in [5.74, 6) is 0.268. The molecule has 0 unspecified atom stereocenters. The number of rotatable bonds is 3. The van der Waals surface area contributed by atoms with E-state index in [0.717, 1.165) is 31.4 Å². The molecule has 1 heterocycles. The topological polar surface area (TPSA) is 36.4 Å². The Morgan fingerprint density at radius 2 is 2.22 bits per heavy atom. The fourth-order valence-electron chi connectivity index (χ4n) is 2.92. The molecule has 1 aromatic heterocycles. The van der Waals surface area contributed by atoms with Crippen LogP contribution in [-0.4, -0.2) is 35.6 Å². The van der Waals surface area contributed by atoms with Crippen molar-refractivity contribution in [1.82, 2.24) is 9.88 Å². The lowest BCUT2D eigenvalue weighted by Gasteiger charge is -2.41. The van der Waals surface area contributed by atoms with E-state index in [-0.39, 0.29) is 5.92 Å². The lowest BCUT2D eigenvalue weighted by molar-refractivity contribution is -0.0620. The van der Waals surface area contributed by atoms with E-state index in [1.807, 2.05) is 6.07 Å². The summed E-state index contributed by atoms with van der Waals surface area (Å²) >= 11 is 5.82. The molecule has 0 spiro atoms. The molecule has 0 aromatic carbocycles. The first-order valence-electron chi connectivity index (χ1n) is 6.51. The summed E-state index contributed by atoms with van der Waals surface area (Å²) in [4.78, 5) is 6.25. The van der Waals surface area contributed by atoms with Crippen LogP contribution < -0.4 is 0 Å². The summed E-state index contributed by atoms with van der Waals surface area (Å²) in [6.45, 7) is 0.902. The Hall–Kier alpha value is -0.640. The molecule has 2 rings (SSSR count). The van der Waals surface area contributed by atoms with Crippen molar-refractivity contribution in [3.8, 4) is 0 Å². The lowest BCUT2D eigenvalue weighted by Crippen LogP contribution is -2.43. The first-order chi connectivity index (χ1) is 8.52. The van der Waals surface area contributed by atoms with Gasteiger partial charge in [-0.25, -0.2) is 4.98 Å². The van der Waals surface area contributed by atoms with Gasteiger partial charge in [-0.3, -0.25) is 0 Å². The maximum Gasteiger partial charge on any atom is 0.129 e. The van der Waals surface area contributed by atoms with Crippen LogP contribution in [0.4, 0.5) is 0 Å². The fraction of sp³-hybridized carbons (Fsp3) is 0.643. The Morgan fingerprint density at radius 3 is 2.83 bits per heavy atom. The molecule has 0 amide bonds. The van der Waals surface area contributed by atoms with Crippen molar-refractivity contribution in [2.24, 2.45) is 5.92 Å². The number of hydrogen-bond donors (Lipinski definition) is 1. The third-order valence-electron chi connectivity index (χ3n) is 3.85. The molecule has 1 aliphatic rings. The Kier molecular flexibility index (Phi) is 4.25. The second-order valence-electron chi connectivity index (χ2n) is 5.50. The van der Waals surface area contributed by atoms with Crippen molar-refractivity contribution in [2.75, 3.05) is 20.6 Å². The molecule has 1 aliphatic carbocycles. The lowest BCUT2D eigenvalue weighted by atomic mass is 9.71. The molecule has 0 bridgehead atoms. The molecule has 18 heavy (non-hydrogen) atoms. The van der Waals surface area contributed by atoms with E-state index in [4.69, 9.17) is 11.6 Å². The van der Waals surface area contributed by atoms with Crippen LogP contribution in [0.25, 0.3) is 0 Å². The van der Waals surface area contributed by atoms with Crippen molar-refractivity contribution < 1.29 is 5.11 Å². The summed E-state index contributed by atoms with van der Waals surface area (Å²) in [7, 11) is 4.10. The van der Waals surface area contributed by atoms with Gasteiger partial charge < -0.3 is 10.0 Å². The van der Waals surface area contributed by atoms with E-state index >= 15 is 0 Å². The van der Waals surface area contributed by atoms with Crippen LogP contribution in [0.15, 0.2) is 18.3 Å². The number of pyridine rings is 1. The van der Waals surface area contributed by atoms with Crippen molar-refractivity contribution >= 4 is 11.6 Å². The van der Waals surface area contributed by atoms with E-state index in [0.29, 0.717) is 5.15 Å². The monoisotopic (exact) mass is 268 g/mol. The highest BCUT2D eigenvalue weighted by atomic mass is 35.5.